The van der Waals surface area contributed by atoms with Crippen LogP contribution in [0.15, 0.2) is 16.6 Å². The number of carbonyl (C=O) groups excluding carboxylic acids is 2. The van der Waals surface area contributed by atoms with Crippen LogP contribution in [0, 0.1) is 5.92 Å². The highest BCUT2D eigenvalue weighted by molar-refractivity contribution is 9.10. The molecule has 1 saturated heterocycles. The van der Waals surface area contributed by atoms with E-state index in [9.17, 15) is 9.59 Å². The van der Waals surface area contributed by atoms with Crippen molar-refractivity contribution >= 4 is 58.1 Å². The molecule has 31 heavy (non-hydrogen) atoms. The summed E-state index contributed by atoms with van der Waals surface area (Å²) in [5.74, 6) is -0.840. The Bertz CT molecular complexity index is 775. The van der Waals surface area contributed by atoms with Crippen molar-refractivity contribution in [2.75, 3.05) is 19.6 Å². The second kappa shape index (κ2) is 12.4. The average Bonchev–Trinajstić information content (AvgIpc) is 2.66. The van der Waals surface area contributed by atoms with Crippen LogP contribution in [0.25, 0.3) is 0 Å². The summed E-state index contributed by atoms with van der Waals surface area (Å²) < 4.78 is 12.6. The number of rotatable bonds is 7. The fourth-order valence-electron chi connectivity index (χ4n) is 3.22. The first-order valence-corrected chi connectivity index (χ1v) is 11.9. The minimum absolute atomic E-state index is 0.0609. The second-order valence-corrected chi connectivity index (χ2v) is 9.82. The molecule has 3 N–H and O–H groups in total. The van der Waals surface area contributed by atoms with Gasteiger partial charge >= 0.3 is 7.12 Å². The van der Waals surface area contributed by atoms with Gasteiger partial charge in [-0.25, -0.2) is 0 Å². The van der Waals surface area contributed by atoms with E-state index >= 15 is 0 Å². The Morgan fingerprint density at radius 3 is 2.39 bits per heavy atom. The van der Waals surface area contributed by atoms with Crippen molar-refractivity contribution in [3.63, 3.8) is 0 Å². The van der Waals surface area contributed by atoms with Crippen molar-refractivity contribution in [3.05, 3.63) is 32.2 Å². The van der Waals surface area contributed by atoms with E-state index in [0.717, 1.165) is 0 Å². The van der Waals surface area contributed by atoms with E-state index in [4.69, 9.17) is 32.5 Å². The lowest BCUT2D eigenvalue weighted by molar-refractivity contribution is -0.120. The van der Waals surface area contributed by atoms with E-state index in [-0.39, 0.29) is 41.2 Å². The molecule has 0 saturated carbocycles. The van der Waals surface area contributed by atoms with Crippen molar-refractivity contribution in [2.24, 2.45) is 5.92 Å². The topological polar surface area (TPSA) is 88.7 Å². The fourth-order valence-corrected chi connectivity index (χ4v) is 4.03. The predicted octanol–water partition coefficient (Wildman–Crippen LogP) is 3.46. The number of benzene rings is 1. The molecular weight excluding hydrogens is 508 g/mol. The third-order valence-electron chi connectivity index (χ3n) is 4.66. The quantitative estimate of drug-likeness (QED) is 0.367. The molecule has 2 unspecified atom stereocenters. The molecule has 11 heteroatoms. The number of nitrogens with one attached hydrogen (secondary N) is 3. The molecule has 1 aliphatic rings. The van der Waals surface area contributed by atoms with Gasteiger partial charge in [0, 0.05) is 17.6 Å². The van der Waals surface area contributed by atoms with E-state index in [2.05, 4.69) is 45.7 Å². The van der Waals surface area contributed by atoms with Crippen LogP contribution in [0.4, 0.5) is 0 Å². The van der Waals surface area contributed by atoms with Gasteiger partial charge in [0.25, 0.3) is 5.91 Å². The van der Waals surface area contributed by atoms with Gasteiger partial charge in [0.15, 0.2) is 0 Å². The van der Waals surface area contributed by atoms with E-state index in [0.29, 0.717) is 34.9 Å². The smallest absolute Gasteiger partial charge is 0.406 e. The number of carbonyl (C=O) groups is 2. The summed E-state index contributed by atoms with van der Waals surface area (Å²) in [7, 11) is -0.573. The van der Waals surface area contributed by atoms with Crippen LogP contribution in [0.1, 0.15) is 44.5 Å². The maximum atomic E-state index is 12.6. The lowest BCUT2D eigenvalue weighted by atomic mass is 9.73. The highest BCUT2D eigenvalue weighted by Gasteiger charge is 2.36. The molecule has 1 heterocycles. The van der Waals surface area contributed by atoms with Crippen LogP contribution in [-0.2, 0) is 14.1 Å². The summed E-state index contributed by atoms with van der Waals surface area (Å²) in [6.07, 6.45) is 0.552. The maximum Gasteiger partial charge on any atom is 0.481 e. The van der Waals surface area contributed by atoms with Crippen molar-refractivity contribution < 1.29 is 18.9 Å². The van der Waals surface area contributed by atoms with Gasteiger partial charge < -0.3 is 25.3 Å². The van der Waals surface area contributed by atoms with Gasteiger partial charge in [-0.2, -0.15) is 0 Å². The molecule has 7 nitrogen and oxygen atoms in total. The third-order valence-corrected chi connectivity index (χ3v) is 6.17. The number of amides is 2. The first kappa shape index (κ1) is 26.4. The Morgan fingerprint density at radius 1 is 1.19 bits per heavy atom. The SMILES string of the molecule is CC(C)C[C@H](NC(=O)CNC(=O)c1cc(Br)c(Cl)cc1Cl)B1OC(C)CNCC(C)O1. The van der Waals surface area contributed by atoms with Gasteiger partial charge in [0.2, 0.25) is 5.91 Å². The van der Waals surface area contributed by atoms with Crippen LogP contribution in [0.5, 0.6) is 0 Å². The van der Waals surface area contributed by atoms with Gasteiger partial charge in [-0.1, -0.05) is 37.0 Å². The van der Waals surface area contributed by atoms with Gasteiger partial charge in [0.1, 0.15) is 0 Å². The lowest BCUT2D eigenvalue weighted by Crippen LogP contribution is -2.56. The van der Waals surface area contributed by atoms with E-state index in [1.54, 1.807) is 0 Å². The fraction of sp³-hybridized carbons (Fsp3) is 0.600. The van der Waals surface area contributed by atoms with Crippen LogP contribution in [0.3, 0.4) is 0 Å². The van der Waals surface area contributed by atoms with Crippen LogP contribution >= 0.6 is 39.1 Å². The second-order valence-electron chi connectivity index (χ2n) is 8.15. The molecule has 1 aromatic carbocycles. The molecular formula is C20H29BBrCl2N3O4. The normalized spacial score (nSPS) is 20.7. The standard InChI is InChI=1S/C20H29BBrCl2N3O4/c1-11(2)5-18(21-30-12(3)8-25-9-13(4)31-21)27-19(28)10-26-20(29)14-6-15(22)17(24)7-16(14)23/h6-7,11-13,18,25H,5,8-10H2,1-4H3,(H,26,29)(H,27,28)/t12?,13?,18-/m0/s1. The zero-order chi connectivity index (χ0) is 23.1. The molecule has 0 spiro atoms. The van der Waals surface area contributed by atoms with Gasteiger partial charge in [-0.15, -0.1) is 0 Å². The third kappa shape index (κ3) is 8.55. The molecule has 0 aliphatic carbocycles. The Hall–Kier alpha value is -0.835. The predicted molar refractivity (Wildman–Crippen MR) is 128 cm³/mol. The van der Waals surface area contributed by atoms with E-state index in [1.165, 1.54) is 12.1 Å². The summed E-state index contributed by atoms with van der Waals surface area (Å²) in [5.41, 5.74) is 0.228. The molecule has 2 rings (SSSR count). The molecule has 2 amide bonds. The summed E-state index contributed by atoms with van der Waals surface area (Å²) in [5, 5.41) is 9.44. The van der Waals surface area contributed by atoms with E-state index < -0.39 is 13.0 Å². The summed E-state index contributed by atoms with van der Waals surface area (Å²) in [6.45, 7) is 9.27. The minimum atomic E-state index is -0.573. The van der Waals surface area contributed by atoms with Crippen molar-refractivity contribution in [1.82, 2.24) is 16.0 Å². The lowest BCUT2D eigenvalue weighted by Gasteiger charge is -2.32. The van der Waals surface area contributed by atoms with Gasteiger partial charge in [-0.3, -0.25) is 9.59 Å². The molecule has 1 aliphatic heterocycles. The Morgan fingerprint density at radius 2 is 1.81 bits per heavy atom. The summed E-state index contributed by atoms with van der Waals surface area (Å²) in [4.78, 5) is 25.1. The highest BCUT2D eigenvalue weighted by atomic mass is 79.9. The molecule has 0 bridgehead atoms. The molecule has 172 valence electrons. The van der Waals surface area contributed by atoms with Gasteiger partial charge in [0.05, 0.1) is 40.3 Å². The molecule has 1 aromatic rings. The highest BCUT2D eigenvalue weighted by Crippen LogP contribution is 2.29. The van der Waals surface area contributed by atoms with Crippen LogP contribution in [0.2, 0.25) is 10.0 Å². The van der Waals surface area contributed by atoms with Gasteiger partial charge in [-0.05, 0) is 54.2 Å². The molecule has 0 radical (unpaired) electrons. The molecule has 3 atom stereocenters. The Balaban J connectivity index is 2.01. The molecule has 1 fully saturated rings. The average molecular weight is 537 g/mol. The zero-order valence-electron chi connectivity index (χ0n) is 18.1. The first-order valence-electron chi connectivity index (χ1n) is 10.3. The summed E-state index contributed by atoms with van der Waals surface area (Å²) >= 11 is 15.4. The zero-order valence-corrected chi connectivity index (χ0v) is 21.2. The maximum absolute atomic E-state index is 12.6. The largest absolute Gasteiger partial charge is 0.481 e. The van der Waals surface area contributed by atoms with Crippen LogP contribution in [-0.4, -0.2) is 56.7 Å². The monoisotopic (exact) mass is 535 g/mol. The summed E-state index contributed by atoms with van der Waals surface area (Å²) in [6, 6.07) is 2.99. The number of hydrogen-bond acceptors (Lipinski definition) is 5. The minimum Gasteiger partial charge on any atom is -0.406 e. The number of halogens is 3. The Labute approximate surface area is 202 Å². The van der Waals surface area contributed by atoms with Crippen molar-refractivity contribution in [2.45, 2.75) is 52.3 Å². The first-order chi connectivity index (χ1) is 14.6. The molecule has 0 aromatic heterocycles. The number of hydrogen-bond donors (Lipinski definition) is 3. The van der Waals surface area contributed by atoms with Crippen molar-refractivity contribution in [1.29, 1.82) is 0 Å². The van der Waals surface area contributed by atoms with Crippen molar-refractivity contribution in [3.8, 4) is 0 Å². The van der Waals surface area contributed by atoms with E-state index in [1.807, 2.05) is 13.8 Å². The Kier molecular flexibility index (Phi) is 10.6. The van der Waals surface area contributed by atoms with Crippen LogP contribution < -0.4 is 16.0 Å².